The Morgan fingerprint density at radius 1 is 1.26 bits per heavy atom. The molecule has 0 aliphatic heterocycles. The quantitative estimate of drug-likeness (QED) is 0.827. The lowest BCUT2D eigenvalue weighted by atomic mass is 10.0. The van der Waals surface area contributed by atoms with Crippen LogP contribution in [0.5, 0.6) is 0 Å². The second kappa shape index (κ2) is 5.05. The van der Waals surface area contributed by atoms with Crippen LogP contribution in [0.15, 0.2) is 30.6 Å². The summed E-state index contributed by atoms with van der Waals surface area (Å²) in [5.74, 6) is 0. The summed E-state index contributed by atoms with van der Waals surface area (Å²) in [6.45, 7) is 0.524. The molecule has 1 aliphatic carbocycles. The Hall–Kier alpha value is -1.81. The van der Waals surface area contributed by atoms with Gasteiger partial charge in [0.25, 0.3) is 0 Å². The molecule has 3 rings (SSSR count). The Morgan fingerprint density at radius 2 is 2.05 bits per heavy atom. The van der Waals surface area contributed by atoms with E-state index in [1.807, 2.05) is 30.6 Å². The van der Waals surface area contributed by atoms with Gasteiger partial charge in [-0.2, -0.15) is 0 Å². The van der Waals surface area contributed by atoms with E-state index in [2.05, 4.69) is 9.55 Å². The summed E-state index contributed by atoms with van der Waals surface area (Å²) in [4.78, 5) is 4.45. The molecular formula is C15H19N3O. The summed E-state index contributed by atoms with van der Waals surface area (Å²) in [6, 6.07) is 7.48. The third-order valence-electron chi connectivity index (χ3n) is 3.83. The first-order chi connectivity index (χ1) is 9.25. The number of hydrogen-bond donors (Lipinski definition) is 2. The highest BCUT2D eigenvalue weighted by Crippen LogP contribution is 2.25. The van der Waals surface area contributed by atoms with Crippen molar-refractivity contribution in [2.45, 2.75) is 38.3 Å². The third kappa shape index (κ3) is 2.36. The van der Waals surface area contributed by atoms with Crippen LogP contribution in [0.25, 0.3) is 0 Å². The van der Waals surface area contributed by atoms with Gasteiger partial charge < -0.3 is 15.4 Å². The molecule has 1 aromatic carbocycles. The number of aliphatic hydroxyl groups excluding tert-OH is 1. The SMILES string of the molecule is Nc1ccccc1C(O)Cn1cnc2c1CCCC2. The maximum Gasteiger partial charge on any atom is 0.0989 e. The molecule has 0 radical (unpaired) electrons. The molecule has 4 heteroatoms. The molecule has 2 aromatic rings. The normalized spacial score (nSPS) is 16.1. The molecule has 1 aliphatic rings. The van der Waals surface area contributed by atoms with E-state index in [1.165, 1.54) is 24.2 Å². The van der Waals surface area contributed by atoms with E-state index in [-0.39, 0.29) is 0 Å². The standard InChI is InChI=1S/C15H19N3O/c16-12-6-2-1-5-11(12)15(19)9-18-10-17-13-7-3-4-8-14(13)18/h1-2,5-6,10,15,19H,3-4,7-9,16H2. The summed E-state index contributed by atoms with van der Waals surface area (Å²) >= 11 is 0. The molecule has 100 valence electrons. The lowest BCUT2D eigenvalue weighted by Gasteiger charge is -2.18. The van der Waals surface area contributed by atoms with Crippen molar-refractivity contribution >= 4 is 5.69 Å². The third-order valence-corrected chi connectivity index (χ3v) is 3.83. The van der Waals surface area contributed by atoms with Gasteiger partial charge in [-0.25, -0.2) is 4.98 Å². The largest absolute Gasteiger partial charge is 0.398 e. The van der Waals surface area contributed by atoms with Crippen LogP contribution in [0.1, 0.15) is 35.9 Å². The minimum Gasteiger partial charge on any atom is -0.398 e. The van der Waals surface area contributed by atoms with E-state index >= 15 is 0 Å². The van der Waals surface area contributed by atoms with E-state index in [0.29, 0.717) is 12.2 Å². The zero-order valence-electron chi connectivity index (χ0n) is 10.9. The minimum atomic E-state index is -0.582. The minimum absolute atomic E-state index is 0.524. The fourth-order valence-electron chi connectivity index (χ4n) is 2.79. The Labute approximate surface area is 112 Å². The number of aryl methyl sites for hydroxylation is 1. The first-order valence-electron chi connectivity index (χ1n) is 6.81. The van der Waals surface area contributed by atoms with Gasteiger partial charge in [-0.1, -0.05) is 18.2 Å². The van der Waals surface area contributed by atoms with Gasteiger partial charge >= 0.3 is 0 Å². The first kappa shape index (κ1) is 12.2. The van der Waals surface area contributed by atoms with Crippen molar-refractivity contribution in [3.05, 3.63) is 47.5 Å². The van der Waals surface area contributed by atoms with Gasteiger partial charge in [-0.05, 0) is 31.7 Å². The Kier molecular flexibility index (Phi) is 3.25. The predicted octanol–water partition coefficient (Wildman–Crippen LogP) is 2.08. The molecule has 0 fully saturated rings. The Bertz CT molecular complexity index is 577. The average molecular weight is 257 g/mol. The van der Waals surface area contributed by atoms with Crippen LogP contribution in [0.3, 0.4) is 0 Å². The number of nitrogens with two attached hydrogens (primary N) is 1. The molecule has 0 saturated heterocycles. The van der Waals surface area contributed by atoms with Gasteiger partial charge in [0.1, 0.15) is 0 Å². The number of nitrogen functional groups attached to an aromatic ring is 1. The van der Waals surface area contributed by atoms with E-state index in [4.69, 9.17) is 5.73 Å². The van der Waals surface area contributed by atoms with Gasteiger partial charge in [0.15, 0.2) is 0 Å². The number of rotatable bonds is 3. The number of nitrogens with zero attached hydrogens (tertiary/aromatic N) is 2. The lowest BCUT2D eigenvalue weighted by molar-refractivity contribution is 0.156. The van der Waals surface area contributed by atoms with Crippen molar-refractivity contribution in [1.29, 1.82) is 0 Å². The topological polar surface area (TPSA) is 64.1 Å². The van der Waals surface area contributed by atoms with Gasteiger partial charge in [-0.15, -0.1) is 0 Å². The van der Waals surface area contributed by atoms with E-state index in [1.54, 1.807) is 0 Å². The van der Waals surface area contributed by atoms with Crippen molar-refractivity contribution in [3.63, 3.8) is 0 Å². The summed E-state index contributed by atoms with van der Waals surface area (Å²) < 4.78 is 2.08. The van der Waals surface area contributed by atoms with E-state index < -0.39 is 6.10 Å². The van der Waals surface area contributed by atoms with Crippen LogP contribution in [0.2, 0.25) is 0 Å². The number of hydrogen-bond acceptors (Lipinski definition) is 3. The number of para-hydroxylation sites is 1. The van der Waals surface area contributed by atoms with Gasteiger partial charge in [-0.3, -0.25) is 0 Å². The fourth-order valence-corrected chi connectivity index (χ4v) is 2.79. The Morgan fingerprint density at radius 3 is 2.89 bits per heavy atom. The Balaban J connectivity index is 1.82. The zero-order chi connectivity index (χ0) is 13.2. The van der Waals surface area contributed by atoms with Crippen LogP contribution >= 0.6 is 0 Å². The van der Waals surface area contributed by atoms with Crippen LogP contribution in [0.4, 0.5) is 5.69 Å². The van der Waals surface area contributed by atoms with Crippen molar-refractivity contribution in [2.75, 3.05) is 5.73 Å². The van der Waals surface area contributed by atoms with E-state index in [0.717, 1.165) is 18.4 Å². The molecule has 0 bridgehead atoms. The number of imidazole rings is 1. The molecular weight excluding hydrogens is 238 g/mol. The smallest absolute Gasteiger partial charge is 0.0989 e. The van der Waals surface area contributed by atoms with Crippen molar-refractivity contribution < 1.29 is 5.11 Å². The molecule has 0 spiro atoms. The maximum absolute atomic E-state index is 10.3. The van der Waals surface area contributed by atoms with Crippen LogP contribution in [0, 0.1) is 0 Å². The second-order valence-electron chi connectivity index (χ2n) is 5.14. The molecule has 0 amide bonds. The van der Waals surface area contributed by atoms with E-state index in [9.17, 15) is 5.11 Å². The van der Waals surface area contributed by atoms with Crippen molar-refractivity contribution in [3.8, 4) is 0 Å². The summed E-state index contributed by atoms with van der Waals surface area (Å²) in [6.07, 6.45) is 5.82. The maximum atomic E-state index is 10.3. The zero-order valence-corrected chi connectivity index (χ0v) is 10.9. The molecule has 1 aromatic heterocycles. The number of aromatic nitrogens is 2. The molecule has 3 N–H and O–H groups in total. The highest BCUT2D eigenvalue weighted by molar-refractivity contribution is 5.47. The fraction of sp³-hybridized carbons (Fsp3) is 0.400. The predicted molar refractivity (Wildman–Crippen MR) is 74.7 cm³/mol. The summed E-state index contributed by atoms with van der Waals surface area (Å²) in [7, 11) is 0. The van der Waals surface area contributed by atoms with Crippen LogP contribution < -0.4 is 5.73 Å². The molecule has 19 heavy (non-hydrogen) atoms. The summed E-state index contributed by atoms with van der Waals surface area (Å²) in [5.41, 5.74) is 9.81. The molecule has 0 saturated carbocycles. The summed E-state index contributed by atoms with van der Waals surface area (Å²) in [5, 5.41) is 10.3. The lowest BCUT2D eigenvalue weighted by Crippen LogP contribution is -2.14. The van der Waals surface area contributed by atoms with Crippen LogP contribution in [-0.4, -0.2) is 14.7 Å². The highest BCUT2D eigenvalue weighted by Gasteiger charge is 2.18. The van der Waals surface area contributed by atoms with Crippen molar-refractivity contribution in [1.82, 2.24) is 9.55 Å². The first-order valence-corrected chi connectivity index (χ1v) is 6.81. The van der Waals surface area contributed by atoms with Crippen molar-refractivity contribution in [2.24, 2.45) is 0 Å². The van der Waals surface area contributed by atoms with Gasteiger partial charge in [0.05, 0.1) is 24.7 Å². The molecule has 1 atom stereocenters. The van der Waals surface area contributed by atoms with Gasteiger partial charge in [0, 0.05) is 16.9 Å². The number of fused-ring (bicyclic) bond motifs is 1. The number of benzene rings is 1. The number of anilines is 1. The molecule has 4 nitrogen and oxygen atoms in total. The highest BCUT2D eigenvalue weighted by atomic mass is 16.3. The average Bonchev–Trinajstić information content (AvgIpc) is 2.83. The van der Waals surface area contributed by atoms with Gasteiger partial charge in [0.2, 0.25) is 0 Å². The molecule has 1 heterocycles. The number of aliphatic hydroxyl groups is 1. The second-order valence-corrected chi connectivity index (χ2v) is 5.14. The molecule has 1 unspecified atom stereocenters. The van der Waals surface area contributed by atoms with Crippen LogP contribution in [-0.2, 0) is 19.4 Å². The monoisotopic (exact) mass is 257 g/mol.